The monoisotopic (exact) mass is 406 g/mol. The van der Waals surface area contributed by atoms with Crippen molar-refractivity contribution in [2.75, 3.05) is 27.3 Å². The summed E-state index contributed by atoms with van der Waals surface area (Å²) < 4.78 is 11.3. The molecule has 1 aliphatic heterocycles. The smallest absolute Gasteiger partial charge is 0.254 e. The molecular formula is C16H24BrClN2O3. The maximum Gasteiger partial charge on any atom is 0.254 e. The highest BCUT2D eigenvalue weighted by Gasteiger charge is 2.27. The number of nitrogens with zero attached hydrogens (tertiary/aromatic N) is 1. The van der Waals surface area contributed by atoms with E-state index in [1.807, 2.05) is 11.8 Å². The molecule has 2 N–H and O–H groups in total. The number of carbonyl (C=O) groups is 1. The van der Waals surface area contributed by atoms with E-state index >= 15 is 0 Å². The zero-order chi connectivity index (χ0) is 16.3. The Bertz CT molecular complexity index is 529. The van der Waals surface area contributed by atoms with Crippen LogP contribution in [0.25, 0.3) is 0 Å². The number of methoxy groups -OCH3 is 2. The Labute approximate surface area is 152 Å². The van der Waals surface area contributed by atoms with E-state index in [4.69, 9.17) is 15.2 Å². The standard InChI is InChI=1S/C16H23BrN2O3.ClH/c1-10(18)11-5-4-6-19(9-11)16(20)12-7-13(21-2)15(17)14(8-12)22-3;/h7-8,10-11H,4-6,9,18H2,1-3H3;1H. The first-order valence-electron chi connectivity index (χ1n) is 7.44. The number of hydrogen-bond acceptors (Lipinski definition) is 4. The Morgan fingerprint density at radius 3 is 2.39 bits per heavy atom. The predicted molar refractivity (Wildman–Crippen MR) is 96.8 cm³/mol. The maximum atomic E-state index is 12.8. The minimum atomic E-state index is -0.00514. The van der Waals surface area contributed by atoms with E-state index in [0.29, 0.717) is 34.0 Å². The summed E-state index contributed by atoms with van der Waals surface area (Å²) >= 11 is 3.42. The molecule has 2 unspecified atom stereocenters. The molecule has 130 valence electrons. The summed E-state index contributed by atoms with van der Waals surface area (Å²) in [7, 11) is 3.14. The third-order valence-electron chi connectivity index (χ3n) is 4.18. The average molecular weight is 408 g/mol. The number of amides is 1. The molecule has 1 aromatic rings. The van der Waals surface area contributed by atoms with Gasteiger partial charge in [-0.05, 0) is 53.7 Å². The van der Waals surface area contributed by atoms with Crippen molar-refractivity contribution in [1.29, 1.82) is 0 Å². The third-order valence-corrected chi connectivity index (χ3v) is 4.96. The Kier molecular flexibility index (Phi) is 7.64. The molecule has 1 saturated heterocycles. The number of ether oxygens (including phenoxy) is 2. The van der Waals surface area contributed by atoms with Crippen molar-refractivity contribution in [2.24, 2.45) is 11.7 Å². The van der Waals surface area contributed by atoms with Gasteiger partial charge in [0, 0.05) is 24.7 Å². The third kappa shape index (κ3) is 4.52. The molecule has 0 spiro atoms. The molecular weight excluding hydrogens is 384 g/mol. The zero-order valence-electron chi connectivity index (χ0n) is 13.7. The van der Waals surface area contributed by atoms with E-state index in [1.54, 1.807) is 26.4 Å². The quantitative estimate of drug-likeness (QED) is 0.833. The van der Waals surface area contributed by atoms with E-state index in [-0.39, 0.29) is 24.4 Å². The van der Waals surface area contributed by atoms with Crippen LogP contribution in [-0.2, 0) is 0 Å². The highest BCUT2D eigenvalue weighted by molar-refractivity contribution is 9.10. The summed E-state index contributed by atoms with van der Waals surface area (Å²) in [6.45, 7) is 3.48. The van der Waals surface area contributed by atoms with Gasteiger partial charge in [0.1, 0.15) is 16.0 Å². The van der Waals surface area contributed by atoms with Crippen LogP contribution in [0.15, 0.2) is 16.6 Å². The highest BCUT2D eigenvalue weighted by atomic mass is 79.9. The number of rotatable bonds is 4. The molecule has 1 aliphatic rings. The fraction of sp³-hybridized carbons (Fsp3) is 0.562. The number of hydrogen-bond donors (Lipinski definition) is 1. The van der Waals surface area contributed by atoms with Gasteiger partial charge in [-0.3, -0.25) is 4.79 Å². The summed E-state index contributed by atoms with van der Waals surface area (Å²) in [5, 5.41) is 0. The van der Waals surface area contributed by atoms with Crippen molar-refractivity contribution in [1.82, 2.24) is 4.90 Å². The van der Waals surface area contributed by atoms with Crippen LogP contribution in [0, 0.1) is 5.92 Å². The molecule has 23 heavy (non-hydrogen) atoms. The van der Waals surface area contributed by atoms with Gasteiger partial charge in [-0.1, -0.05) is 0 Å². The molecule has 5 nitrogen and oxygen atoms in total. The summed E-state index contributed by atoms with van der Waals surface area (Å²) in [4.78, 5) is 14.6. The number of piperidine rings is 1. The van der Waals surface area contributed by atoms with Crippen molar-refractivity contribution in [2.45, 2.75) is 25.8 Å². The van der Waals surface area contributed by atoms with Gasteiger partial charge in [0.05, 0.1) is 14.2 Å². The second kappa shape index (κ2) is 8.76. The van der Waals surface area contributed by atoms with Gasteiger partial charge < -0.3 is 20.1 Å². The van der Waals surface area contributed by atoms with Crippen molar-refractivity contribution in [3.8, 4) is 11.5 Å². The molecule has 2 atom stereocenters. The highest BCUT2D eigenvalue weighted by Crippen LogP contribution is 2.36. The Morgan fingerprint density at radius 2 is 1.91 bits per heavy atom. The van der Waals surface area contributed by atoms with E-state index in [9.17, 15) is 4.79 Å². The summed E-state index contributed by atoms with van der Waals surface area (Å²) in [5.74, 6) is 1.53. The van der Waals surface area contributed by atoms with Gasteiger partial charge in [-0.15, -0.1) is 12.4 Å². The van der Waals surface area contributed by atoms with E-state index < -0.39 is 0 Å². The first-order valence-corrected chi connectivity index (χ1v) is 8.23. The lowest BCUT2D eigenvalue weighted by atomic mass is 9.92. The van der Waals surface area contributed by atoms with E-state index in [2.05, 4.69) is 15.9 Å². The molecule has 0 radical (unpaired) electrons. The molecule has 1 amide bonds. The first kappa shape index (κ1) is 20.1. The topological polar surface area (TPSA) is 64.8 Å². The fourth-order valence-electron chi connectivity index (χ4n) is 2.80. The number of nitrogens with two attached hydrogens (primary N) is 1. The molecule has 7 heteroatoms. The number of benzene rings is 1. The normalized spacial score (nSPS) is 18.8. The van der Waals surface area contributed by atoms with Crippen molar-refractivity contribution < 1.29 is 14.3 Å². The fourth-order valence-corrected chi connectivity index (χ4v) is 3.35. The molecule has 2 rings (SSSR count). The van der Waals surface area contributed by atoms with Crippen LogP contribution >= 0.6 is 28.3 Å². The van der Waals surface area contributed by atoms with E-state index in [0.717, 1.165) is 19.4 Å². The van der Waals surface area contributed by atoms with E-state index in [1.165, 1.54) is 0 Å². The summed E-state index contributed by atoms with van der Waals surface area (Å²) in [6.07, 6.45) is 2.07. The molecule has 1 heterocycles. The molecule has 0 bridgehead atoms. The predicted octanol–water partition coefficient (Wildman–Crippen LogP) is 3.09. The number of halogens is 2. The van der Waals surface area contributed by atoms with Gasteiger partial charge in [-0.2, -0.15) is 0 Å². The van der Waals surface area contributed by atoms with Gasteiger partial charge >= 0.3 is 0 Å². The second-order valence-electron chi connectivity index (χ2n) is 5.71. The van der Waals surface area contributed by atoms with Crippen LogP contribution in [0.5, 0.6) is 11.5 Å². The van der Waals surface area contributed by atoms with Crippen LogP contribution in [0.2, 0.25) is 0 Å². The lowest BCUT2D eigenvalue weighted by Crippen LogP contribution is -2.45. The average Bonchev–Trinajstić information content (AvgIpc) is 2.54. The number of likely N-dealkylation sites (tertiary alicyclic amines) is 1. The van der Waals surface area contributed by atoms with Gasteiger partial charge in [0.2, 0.25) is 0 Å². The second-order valence-corrected chi connectivity index (χ2v) is 6.50. The van der Waals surface area contributed by atoms with Gasteiger partial charge in [0.15, 0.2) is 0 Å². The minimum Gasteiger partial charge on any atom is -0.495 e. The van der Waals surface area contributed by atoms with Gasteiger partial charge in [-0.25, -0.2) is 0 Å². The van der Waals surface area contributed by atoms with Crippen LogP contribution < -0.4 is 15.2 Å². The molecule has 0 aromatic heterocycles. The Balaban J connectivity index is 0.00000264. The molecule has 1 aromatic carbocycles. The lowest BCUT2D eigenvalue weighted by Gasteiger charge is -2.34. The van der Waals surface area contributed by atoms with Crippen LogP contribution in [-0.4, -0.2) is 44.2 Å². The summed E-state index contributed by atoms with van der Waals surface area (Å²) in [5.41, 5.74) is 6.57. The van der Waals surface area contributed by atoms with Gasteiger partial charge in [0.25, 0.3) is 5.91 Å². The Morgan fingerprint density at radius 1 is 1.35 bits per heavy atom. The lowest BCUT2D eigenvalue weighted by molar-refractivity contribution is 0.0660. The van der Waals surface area contributed by atoms with Crippen molar-refractivity contribution in [3.05, 3.63) is 22.2 Å². The van der Waals surface area contributed by atoms with Crippen LogP contribution in [0.4, 0.5) is 0 Å². The van der Waals surface area contributed by atoms with Crippen LogP contribution in [0.3, 0.4) is 0 Å². The van der Waals surface area contributed by atoms with Crippen molar-refractivity contribution in [3.63, 3.8) is 0 Å². The first-order chi connectivity index (χ1) is 10.5. The largest absolute Gasteiger partial charge is 0.495 e. The maximum absolute atomic E-state index is 12.8. The van der Waals surface area contributed by atoms with Crippen molar-refractivity contribution >= 4 is 34.2 Å². The minimum absolute atomic E-state index is 0. The summed E-state index contributed by atoms with van der Waals surface area (Å²) in [6, 6.07) is 3.58. The SMILES string of the molecule is COc1cc(C(=O)N2CCCC(C(C)N)C2)cc(OC)c1Br.Cl. The van der Waals surface area contributed by atoms with Crippen LogP contribution in [0.1, 0.15) is 30.1 Å². The zero-order valence-corrected chi connectivity index (χ0v) is 16.1. The molecule has 0 saturated carbocycles. The Hall–Kier alpha value is -0.980. The molecule has 0 aliphatic carbocycles. The molecule has 1 fully saturated rings. The number of carbonyl (C=O) groups excluding carboxylic acids is 1.